The van der Waals surface area contributed by atoms with Gasteiger partial charge in [0.05, 0.1) is 11.9 Å². The molecule has 0 aliphatic rings. The number of rotatable bonds is 3. The minimum atomic E-state index is -0.781. The molecule has 1 aromatic heterocycles. The van der Waals surface area contributed by atoms with Crippen molar-refractivity contribution in [1.82, 2.24) is 4.98 Å². The lowest BCUT2D eigenvalue weighted by atomic mass is 9.81. The molecule has 0 spiro atoms. The molecular formula is C14H15NO2. The van der Waals surface area contributed by atoms with Gasteiger partial charge < -0.3 is 5.11 Å². The maximum Gasteiger partial charge on any atom is 0.304 e. The van der Waals surface area contributed by atoms with Gasteiger partial charge in [0.25, 0.3) is 0 Å². The molecule has 1 heterocycles. The Morgan fingerprint density at radius 3 is 2.82 bits per heavy atom. The summed E-state index contributed by atoms with van der Waals surface area (Å²) in [6.45, 7) is 3.87. The first-order chi connectivity index (χ1) is 7.99. The predicted molar refractivity (Wildman–Crippen MR) is 67.0 cm³/mol. The largest absolute Gasteiger partial charge is 0.481 e. The summed E-state index contributed by atoms with van der Waals surface area (Å²) in [5.41, 5.74) is 1.53. The predicted octanol–water partition coefficient (Wildman–Crippen LogP) is 2.99. The van der Waals surface area contributed by atoms with Crippen LogP contribution in [0.3, 0.4) is 0 Å². The Balaban J connectivity index is 2.45. The Morgan fingerprint density at radius 2 is 2.12 bits per heavy atom. The fraction of sp³-hybridized carbons (Fsp3) is 0.286. The zero-order valence-corrected chi connectivity index (χ0v) is 9.97. The van der Waals surface area contributed by atoms with Crippen LogP contribution in [0.1, 0.15) is 25.8 Å². The molecular weight excluding hydrogens is 214 g/mol. The van der Waals surface area contributed by atoms with E-state index in [0.29, 0.717) is 0 Å². The van der Waals surface area contributed by atoms with E-state index in [1.54, 1.807) is 6.20 Å². The SMILES string of the molecule is CC(C)(CC(=O)O)c1ccc2cccnc2c1. The van der Waals surface area contributed by atoms with Gasteiger partial charge in [-0.15, -0.1) is 0 Å². The fourth-order valence-electron chi connectivity index (χ4n) is 1.97. The molecule has 17 heavy (non-hydrogen) atoms. The highest BCUT2D eigenvalue weighted by molar-refractivity contribution is 5.79. The summed E-state index contributed by atoms with van der Waals surface area (Å²) in [4.78, 5) is 15.1. The van der Waals surface area contributed by atoms with Crippen LogP contribution in [-0.4, -0.2) is 16.1 Å². The summed E-state index contributed by atoms with van der Waals surface area (Å²) < 4.78 is 0. The first-order valence-corrected chi connectivity index (χ1v) is 5.56. The second-order valence-electron chi connectivity index (χ2n) is 4.87. The van der Waals surface area contributed by atoms with Gasteiger partial charge in [-0.3, -0.25) is 9.78 Å². The highest BCUT2D eigenvalue weighted by Crippen LogP contribution is 2.28. The van der Waals surface area contributed by atoms with Crippen molar-refractivity contribution in [1.29, 1.82) is 0 Å². The van der Waals surface area contributed by atoms with Gasteiger partial charge in [0, 0.05) is 17.0 Å². The van der Waals surface area contributed by atoms with Crippen LogP contribution in [0.4, 0.5) is 0 Å². The third-order valence-corrected chi connectivity index (χ3v) is 2.98. The van der Waals surface area contributed by atoms with Gasteiger partial charge in [-0.05, 0) is 17.7 Å². The fourth-order valence-corrected chi connectivity index (χ4v) is 1.97. The van der Waals surface area contributed by atoms with Crippen molar-refractivity contribution in [2.75, 3.05) is 0 Å². The molecule has 0 atom stereocenters. The highest BCUT2D eigenvalue weighted by Gasteiger charge is 2.24. The summed E-state index contributed by atoms with van der Waals surface area (Å²) in [6, 6.07) is 9.83. The number of nitrogens with zero attached hydrogens (tertiary/aromatic N) is 1. The lowest BCUT2D eigenvalue weighted by Gasteiger charge is -2.23. The third kappa shape index (κ3) is 2.44. The van der Waals surface area contributed by atoms with E-state index in [1.807, 2.05) is 44.2 Å². The second kappa shape index (κ2) is 4.17. The van der Waals surface area contributed by atoms with Crippen molar-refractivity contribution in [3.63, 3.8) is 0 Å². The maximum absolute atomic E-state index is 10.8. The van der Waals surface area contributed by atoms with Gasteiger partial charge in [-0.25, -0.2) is 0 Å². The molecule has 0 saturated carbocycles. The van der Waals surface area contributed by atoms with E-state index >= 15 is 0 Å². The molecule has 1 aromatic carbocycles. The van der Waals surface area contributed by atoms with E-state index in [-0.39, 0.29) is 11.8 Å². The van der Waals surface area contributed by atoms with Crippen LogP contribution in [0.15, 0.2) is 36.5 Å². The smallest absolute Gasteiger partial charge is 0.304 e. The molecule has 0 bridgehead atoms. The van der Waals surface area contributed by atoms with Gasteiger partial charge in [0.2, 0.25) is 0 Å². The average molecular weight is 229 g/mol. The third-order valence-electron chi connectivity index (χ3n) is 2.98. The number of aliphatic carboxylic acids is 1. The number of aromatic nitrogens is 1. The number of hydrogen-bond acceptors (Lipinski definition) is 2. The van der Waals surface area contributed by atoms with Gasteiger partial charge in [0.1, 0.15) is 0 Å². The quantitative estimate of drug-likeness (QED) is 0.880. The number of carboxylic acid groups (broad SMARTS) is 1. The zero-order chi connectivity index (χ0) is 12.5. The minimum absolute atomic E-state index is 0.116. The Kier molecular flexibility index (Phi) is 2.84. The van der Waals surface area contributed by atoms with E-state index in [9.17, 15) is 4.79 Å². The number of hydrogen-bond donors (Lipinski definition) is 1. The van der Waals surface area contributed by atoms with Crippen molar-refractivity contribution in [3.8, 4) is 0 Å². The number of carboxylic acids is 1. The lowest BCUT2D eigenvalue weighted by Crippen LogP contribution is -2.21. The van der Waals surface area contributed by atoms with Crippen LogP contribution in [-0.2, 0) is 10.2 Å². The van der Waals surface area contributed by atoms with Crippen LogP contribution in [0, 0.1) is 0 Å². The minimum Gasteiger partial charge on any atom is -0.481 e. The van der Waals surface area contributed by atoms with Crippen LogP contribution < -0.4 is 0 Å². The lowest BCUT2D eigenvalue weighted by molar-refractivity contribution is -0.138. The summed E-state index contributed by atoms with van der Waals surface area (Å²) in [5.74, 6) is -0.781. The number of fused-ring (bicyclic) bond motifs is 1. The maximum atomic E-state index is 10.8. The van der Waals surface area contributed by atoms with E-state index in [0.717, 1.165) is 16.5 Å². The molecule has 2 rings (SSSR count). The van der Waals surface area contributed by atoms with Crippen molar-refractivity contribution in [2.24, 2.45) is 0 Å². The number of pyridine rings is 1. The monoisotopic (exact) mass is 229 g/mol. The Hall–Kier alpha value is -1.90. The molecule has 0 unspecified atom stereocenters. The topological polar surface area (TPSA) is 50.2 Å². The Bertz CT molecular complexity index is 561. The first-order valence-electron chi connectivity index (χ1n) is 5.56. The molecule has 0 aliphatic heterocycles. The normalized spacial score (nSPS) is 11.6. The standard InChI is InChI=1S/C14H15NO2/c1-14(2,9-13(16)17)11-6-5-10-4-3-7-15-12(10)8-11/h3-8H,9H2,1-2H3,(H,16,17). The van der Waals surface area contributed by atoms with Crippen molar-refractivity contribution >= 4 is 16.9 Å². The zero-order valence-electron chi connectivity index (χ0n) is 9.97. The summed E-state index contributed by atoms with van der Waals surface area (Å²) in [7, 11) is 0. The molecule has 0 aliphatic carbocycles. The number of carbonyl (C=O) groups is 1. The van der Waals surface area contributed by atoms with E-state index in [1.165, 1.54) is 0 Å². The van der Waals surface area contributed by atoms with Crippen LogP contribution in [0.25, 0.3) is 10.9 Å². The van der Waals surface area contributed by atoms with Crippen molar-refractivity contribution < 1.29 is 9.90 Å². The van der Waals surface area contributed by atoms with E-state index in [2.05, 4.69) is 4.98 Å². The Morgan fingerprint density at radius 1 is 1.35 bits per heavy atom. The van der Waals surface area contributed by atoms with Gasteiger partial charge in [0.15, 0.2) is 0 Å². The molecule has 0 fully saturated rings. The van der Waals surface area contributed by atoms with E-state index in [4.69, 9.17) is 5.11 Å². The molecule has 3 heteroatoms. The van der Waals surface area contributed by atoms with Gasteiger partial charge in [-0.2, -0.15) is 0 Å². The molecule has 2 aromatic rings. The molecule has 1 N–H and O–H groups in total. The van der Waals surface area contributed by atoms with Crippen molar-refractivity contribution in [2.45, 2.75) is 25.7 Å². The first kappa shape index (κ1) is 11.6. The van der Waals surface area contributed by atoms with Crippen LogP contribution >= 0.6 is 0 Å². The molecule has 0 saturated heterocycles. The molecule has 0 radical (unpaired) electrons. The second-order valence-corrected chi connectivity index (χ2v) is 4.87. The number of benzene rings is 1. The van der Waals surface area contributed by atoms with Crippen molar-refractivity contribution in [3.05, 3.63) is 42.1 Å². The summed E-state index contributed by atoms with van der Waals surface area (Å²) in [6.07, 6.45) is 1.86. The van der Waals surface area contributed by atoms with Gasteiger partial charge in [-0.1, -0.05) is 32.0 Å². The molecule has 88 valence electrons. The average Bonchev–Trinajstić information content (AvgIpc) is 2.26. The van der Waals surface area contributed by atoms with Crippen LogP contribution in [0.2, 0.25) is 0 Å². The highest BCUT2D eigenvalue weighted by atomic mass is 16.4. The van der Waals surface area contributed by atoms with Crippen LogP contribution in [0.5, 0.6) is 0 Å². The van der Waals surface area contributed by atoms with E-state index < -0.39 is 5.97 Å². The molecule has 0 amide bonds. The summed E-state index contributed by atoms with van der Waals surface area (Å²) in [5, 5.41) is 9.98. The summed E-state index contributed by atoms with van der Waals surface area (Å²) >= 11 is 0. The van der Waals surface area contributed by atoms with Gasteiger partial charge >= 0.3 is 5.97 Å². The molecule has 3 nitrogen and oxygen atoms in total. The Labute approximate surface area is 100 Å².